The number of aryl methyl sites for hydroxylation is 1. The molecule has 1 saturated heterocycles. The average Bonchev–Trinajstić information content (AvgIpc) is 2.54. The number of ether oxygens (including phenoxy) is 2. The molecule has 0 bridgehead atoms. The van der Waals surface area contributed by atoms with E-state index in [9.17, 15) is 4.79 Å². The SMILES string of the molecule is CCO[C@@H](C)C(=O)NCC1(c2ccccc2C)CCOCC1. The van der Waals surface area contributed by atoms with Crippen LogP contribution in [0.3, 0.4) is 0 Å². The summed E-state index contributed by atoms with van der Waals surface area (Å²) in [5.74, 6) is -0.0405. The van der Waals surface area contributed by atoms with E-state index in [1.807, 2.05) is 6.92 Å². The number of carbonyl (C=O) groups is 1. The van der Waals surface area contributed by atoms with Crippen LogP contribution in [0.15, 0.2) is 24.3 Å². The zero-order chi connectivity index (χ0) is 16.0. The lowest BCUT2D eigenvalue weighted by Crippen LogP contribution is -2.47. The van der Waals surface area contributed by atoms with Gasteiger partial charge in [0.2, 0.25) is 5.91 Å². The highest BCUT2D eigenvalue weighted by Crippen LogP contribution is 2.36. The highest BCUT2D eigenvalue weighted by molar-refractivity contribution is 5.80. The van der Waals surface area contributed by atoms with Crippen LogP contribution in [0.1, 0.15) is 37.8 Å². The summed E-state index contributed by atoms with van der Waals surface area (Å²) in [5, 5.41) is 3.08. The number of rotatable bonds is 6. The molecule has 0 saturated carbocycles. The van der Waals surface area contributed by atoms with Gasteiger partial charge in [0.1, 0.15) is 6.10 Å². The maximum absolute atomic E-state index is 12.2. The summed E-state index contributed by atoms with van der Waals surface area (Å²) in [6, 6.07) is 8.45. The van der Waals surface area contributed by atoms with E-state index in [0.29, 0.717) is 13.2 Å². The third kappa shape index (κ3) is 3.87. The fraction of sp³-hybridized carbons (Fsp3) is 0.611. The molecule has 1 aliphatic rings. The zero-order valence-electron chi connectivity index (χ0n) is 13.9. The Morgan fingerprint density at radius 3 is 2.68 bits per heavy atom. The first-order chi connectivity index (χ1) is 10.6. The predicted octanol–water partition coefficient (Wildman–Crippen LogP) is 2.58. The molecule has 122 valence electrons. The van der Waals surface area contributed by atoms with Gasteiger partial charge in [0.15, 0.2) is 0 Å². The Labute approximate surface area is 133 Å². The number of carbonyl (C=O) groups excluding carboxylic acids is 1. The monoisotopic (exact) mass is 305 g/mol. The lowest BCUT2D eigenvalue weighted by molar-refractivity contribution is -0.131. The van der Waals surface area contributed by atoms with Gasteiger partial charge in [-0.1, -0.05) is 24.3 Å². The van der Waals surface area contributed by atoms with Crippen molar-refractivity contribution < 1.29 is 14.3 Å². The molecule has 4 heteroatoms. The van der Waals surface area contributed by atoms with Crippen molar-refractivity contribution in [2.45, 2.75) is 45.1 Å². The maximum atomic E-state index is 12.2. The number of benzene rings is 1. The van der Waals surface area contributed by atoms with Crippen LogP contribution in [-0.2, 0) is 19.7 Å². The molecule has 0 radical (unpaired) electrons. The van der Waals surface area contributed by atoms with Crippen LogP contribution in [0.5, 0.6) is 0 Å². The zero-order valence-corrected chi connectivity index (χ0v) is 13.9. The van der Waals surface area contributed by atoms with Crippen molar-refractivity contribution in [3.63, 3.8) is 0 Å². The van der Waals surface area contributed by atoms with Gasteiger partial charge in [-0.05, 0) is 44.7 Å². The van der Waals surface area contributed by atoms with E-state index in [4.69, 9.17) is 9.47 Å². The second kappa shape index (κ2) is 7.75. The van der Waals surface area contributed by atoms with Gasteiger partial charge in [-0.3, -0.25) is 4.79 Å². The van der Waals surface area contributed by atoms with Gasteiger partial charge in [0.05, 0.1) is 0 Å². The number of amides is 1. The molecule has 0 unspecified atom stereocenters. The van der Waals surface area contributed by atoms with Crippen LogP contribution >= 0.6 is 0 Å². The number of hydrogen-bond donors (Lipinski definition) is 1. The Kier molecular flexibility index (Phi) is 5.98. The molecule has 0 spiro atoms. The molecule has 2 rings (SSSR count). The lowest BCUT2D eigenvalue weighted by Gasteiger charge is -2.39. The van der Waals surface area contributed by atoms with Crippen LogP contribution in [0.4, 0.5) is 0 Å². The second-order valence-electron chi connectivity index (χ2n) is 6.02. The molecule has 1 atom stereocenters. The molecule has 0 aromatic heterocycles. The van der Waals surface area contributed by atoms with Crippen molar-refractivity contribution in [1.82, 2.24) is 5.32 Å². The standard InChI is InChI=1S/C18H27NO3/c1-4-22-15(3)17(20)19-13-18(9-11-21-12-10-18)16-8-6-5-7-14(16)2/h5-8,15H,4,9-13H2,1-3H3,(H,19,20)/t15-/m0/s1. The highest BCUT2D eigenvalue weighted by atomic mass is 16.5. The van der Waals surface area contributed by atoms with Crippen molar-refractivity contribution in [2.24, 2.45) is 0 Å². The molecule has 0 aliphatic carbocycles. The summed E-state index contributed by atoms with van der Waals surface area (Å²) in [7, 11) is 0. The quantitative estimate of drug-likeness (QED) is 0.879. The van der Waals surface area contributed by atoms with E-state index < -0.39 is 6.10 Å². The minimum absolute atomic E-state index is 0.0365. The van der Waals surface area contributed by atoms with Crippen LogP contribution in [0.2, 0.25) is 0 Å². The van der Waals surface area contributed by atoms with Gasteiger partial charge in [-0.15, -0.1) is 0 Å². The van der Waals surface area contributed by atoms with Gasteiger partial charge in [0, 0.05) is 31.8 Å². The summed E-state index contributed by atoms with van der Waals surface area (Å²) in [4.78, 5) is 12.2. The summed E-state index contributed by atoms with van der Waals surface area (Å²) >= 11 is 0. The Bertz CT molecular complexity index is 495. The van der Waals surface area contributed by atoms with Gasteiger partial charge < -0.3 is 14.8 Å². The van der Waals surface area contributed by atoms with Gasteiger partial charge in [-0.2, -0.15) is 0 Å². The van der Waals surface area contributed by atoms with Crippen LogP contribution in [-0.4, -0.2) is 38.4 Å². The van der Waals surface area contributed by atoms with E-state index in [-0.39, 0.29) is 11.3 Å². The molecule has 1 aromatic rings. The fourth-order valence-electron chi connectivity index (χ4n) is 3.20. The van der Waals surface area contributed by atoms with E-state index in [1.54, 1.807) is 6.92 Å². The van der Waals surface area contributed by atoms with Crippen molar-refractivity contribution in [2.75, 3.05) is 26.4 Å². The van der Waals surface area contributed by atoms with Gasteiger partial charge in [-0.25, -0.2) is 0 Å². The minimum atomic E-state index is -0.404. The first kappa shape index (κ1) is 17.0. The van der Waals surface area contributed by atoms with Gasteiger partial charge >= 0.3 is 0 Å². The summed E-state index contributed by atoms with van der Waals surface area (Å²) in [6.07, 6.45) is 1.46. The molecule has 1 amide bonds. The molecule has 1 N–H and O–H groups in total. The average molecular weight is 305 g/mol. The molecule has 22 heavy (non-hydrogen) atoms. The minimum Gasteiger partial charge on any atom is -0.381 e. The Morgan fingerprint density at radius 1 is 1.36 bits per heavy atom. The Hall–Kier alpha value is -1.39. The molecule has 1 aromatic carbocycles. The summed E-state index contributed by atoms with van der Waals surface area (Å²) in [6.45, 7) is 8.50. The Balaban J connectivity index is 2.13. The van der Waals surface area contributed by atoms with Crippen molar-refractivity contribution in [3.8, 4) is 0 Å². The third-order valence-electron chi connectivity index (χ3n) is 4.55. The topological polar surface area (TPSA) is 47.6 Å². The number of hydrogen-bond acceptors (Lipinski definition) is 3. The van der Waals surface area contributed by atoms with E-state index in [1.165, 1.54) is 11.1 Å². The molecular weight excluding hydrogens is 278 g/mol. The lowest BCUT2D eigenvalue weighted by atomic mass is 9.72. The predicted molar refractivity (Wildman–Crippen MR) is 87.0 cm³/mol. The van der Waals surface area contributed by atoms with Crippen LogP contribution < -0.4 is 5.32 Å². The summed E-state index contributed by atoms with van der Waals surface area (Å²) in [5.41, 5.74) is 2.56. The Morgan fingerprint density at radius 2 is 2.05 bits per heavy atom. The van der Waals surface area contributed by atoms with Crippen molar-refractivity contribution >= 4 is 5.91 Å². The smallest absolute Gasteiger partial charge is 0.248 e. The maximum Gasteiger partial charge on any atom is 0.248 e. The van der Waals surface area contributed by atoms with Crippen molar-refractivity contribution in [3.05, 3.63) is 35.4 Å². The van der Waals surface area contributed by atoms with Crippen LogP contribution in [0, 0.1) is 6.92 Å². The van der Waals surface area contributed by atoms with Gasteiger partial charge in [0.25, 0.3) is 0 Å². The molecule has 4 nitrogen and oxygen atoms in total. The fourth-order valence-corrected chi connectivity index (χ4v) is 3.20. The molecular formula is C18H27NO3. The van der Waals surface area contributed by atoms with Crippen LogP contribution in [0.25, 0.3) is 0 Å². The van der Waals surface area contributed by atoms with E-state index in [0.717, 1.165) is 26.1 Å². The molecule has 1 heterocycles. The first-order valence-corrected chi connectivity index (χ1v) is 8.12. The largest absolute Gasteiger partial charge is 0.381 e. The normalized spacial score (nSPS) is 18.7. The first-order valence-electron chi connectivity index (χ1n) is 8.12. The second-order valence-corrected chi connectivity index (χ2v) is 6.02. The summed E-state index contributed by atoms with van der Waals surface area (Å²) < 4.78 is 10.9. The number of nitrogens with one attached hydrogen (secondary N) is 1. The van der Waals surface area contributed by atoms with E-state index >= 15 is 0 Å². The third-order valence-corrected chi connectivity index (χ3v) is 4.55. The highest BCUT2D eigenvalue weighted by Gasteiger charge is 2.36. The molecule has 1 aliphatic heterocycles. The van der Waals surface area contributed by atoms with E-state index in [2.05, 4.69) is 36.5 Å². The van der Waals surface area contributed by atoms with Crippen molar-refractivity contribution in [1.29, 1.82) is 0 Å². The molecule has 1 fully saturated rings.